The Hall–Kier alpha value is -3.20. The fraction of sp³-hybridized carbons (Fsp3) is 0.441. The molecular formula is C34H43N3O4S. The maximum atomic E-state index is 14.1. The molecule has 8 heteroatoms. The van der Waals surface area contributed by atoms with Gasteiger partial charge in [-0.25, -0.2) is 8.42 Å². The van der Waals surface area contributed by atoms with Crippen LogP contribution in [0.1, 0.15) is 57.1 Å². The van der Waals surface area contributed by atoms with Crippen molar-refractivity contribution in [3.8, 4) is 11.5 Å². The number of nitrogens with zero attached hydrogens (tertiary/aromatic N) is 2. The number of hydrogen-bond donors (Lipinski definition) is 1. The number of benzene rings is 3. The van der Waals surface area contributed by atoms with E-state index in [0.717, 1.165) is 49.5 Å². The van der Waals surface area contributed by atoms with E-state index in [9.17, 15) is 13.2 Å². The molecule has 5 rings (SSSR count). The second-order valence-corrected chi connectivity index (χ2v) is 13.9. The second-order valence-electron chi connectivity index (χ2n) is 11.7. The summed E-state index contributed by atoms with van der Waals surface area (Å²) in [5.74, 6) is 1.75. The first-order valence-corrected chi connectivity index (χ1v) is 16.8. The summed E-state index contributed by atoms with van der Waals surface area (Å²) in [5, 5.41) is 3.41. The van der Waals surface area contributed by atoms with Crippen LogP contribution in [0.4, 0.5) is 0 Å². The summed E-state index contributed by atoms with van der Waals surface area (Å²) >= 11 is 0. The van der Waals surface area contributed by atoms with Crippen LogP contribution in [0.15, 0.2) is 84.9 Å². The number of rotatable bonds is 9. The number of piperidine rings is 1. The van der Waals surface area contributed by atoms with Gasteiger partial charge in [0.15, 0.2) is 0 Å². The van der Waals surface area contributed by atoms with Gasteiger partial charge in [0, 0.05) is 38.3 Å². The Labute approximate surface area is 250 Å². The summed E-state index contributed by atoms with van der Waals surface area (Å²) in [4.78, 5) is 16.6. The van der Waals surface area contributed by atoms with Crippen molar-refractivity contribution in [2.24, 2.45) is 0 Å². The molecule has 0 aliphatic carbocycles. The normalized spacial score (nSPS) is 22.8. The summed E-state index contributed by atoms with van der Waals surface area (Å²) in [5.41, 5.74) is 1.43. The fourth-order valence-electron chi connectivity index (χ4n) is 6.38. The highest BCUT2D eigenvalue weighted by atomic mass is 32.2. The van der Waals surface area contributed by atoms with Crippen LogP contribution in [0.2, 0.25) is 0 Å². The molecular weight excluding hydrogens is 546 g/mol. The van der Waals surface area contributed by atoms with Gasteiger partial charge >= 0.3 is 0 Å². The van der Waals surface area contributed by atoms with Gasteiger partial charge < -0.3 is 10.1 Å². The third-order valence-corrected chi connectivity index (χ3v) is 10.9. The summed E-state index contributed by atoms with van der Waals surface area (Å²) in [7, 11) is -3.34. The van der Waals surface area contributed by atoms with E-state index in [0.29, 0.717) is 25.8 Å². The Morgan fingerprint density at radius 2 is 1.55 bits per heavy atom. The molecule has 2 saturated heterocycles. The van der Waals surface area contributed by atoms with E-state index in [1.165, 1.54) is 5.56 Å². The van der Waals surface area contributed by atoms with Crippen LogP contribution in [0.3, 0.4) is 0 Å². The zero-order valence-corrected chi connectivity index (χ0v) is 25.6. The van der Waals surface area contributed by atoms with Crippen molar-refractivity contribution >= 4 is 15.9 Å². The maximum absolute atomic E-state index is 14.1. The molecule has 0 aromatic heterocycles. The molecule has 224 valence electrons. The highest BCUT2D eigenvalue weighted by Crippen LogP contribution is 2.38. The lowest BCUT2D eigenvalue weighted by molar-refractivity contribution is -0.128. The predicted molar refractivity (Wildman–Crippen MR) is 167 cm³/mol. The van der Waals surface area contributed by atoms with Gasteiger partial charge in [-0.2, -0.15) is 4.31 Å². The number of carbonyl (C=O) groups is 1. The molecule has 2 unspecified atom stereocenters. The highest BCUT2D eigenvalue weighted by Gasteiger charge is 2.45. The number of carbonyl (C=O) groups excluding carboxylic acids is 1. The van der Waals surface area contributed by atoms with Crippen LogP contribution in [-0.4, -0.2) is 61.0 Å². The van der Waals surface area contributed by atoms with E-state index >= 15 is 0 Å². The molecule has 1 N–H and O–H groups in total. The van der Waals surface area contributed by atoms with E-state index in [4.69, 9.17) is 4.74 Å². The van der Waals surface area contributed by atoms with Crippen LogP contribution < -0.4 is 10.1 Å². The highest BCUT2D eigenvalue weighted by molar-refractivity contribution is 7.89. The summed E-state index contributed by atoms with van der Waals surface area (Å²) < 4.78 is 33.3. The monoisotopic (exact) mass is 589 g/mol. The smallest absolute Gasteiger partial charge is 0.230 e. The van der Waals surface area contributed by atoms with Gasteiger partial charge in [0.2, 0.25) is 15.9 Å². The first-order valence-electron chi connectivity index (χ1n) is 15.2. The van der Waals surface area contributed by atoms with Crippen molar-refractivity contribution in [1.29, 1.82) is 0 Å². The fourth-order valence-corrected chi connectivity index (χ4v) is 7.73. The van der Waals surface area contributed by atoms with Gasteiger partial charge in [0.1, 0.15) is 11.5 Å². The van der Waals surface area contributed by atoms with Crippen LogP contribution in [0, 0.1) is 0 Å². The number of sulfonamides is 1. The van der Waals surface area contributed by atoms with Crippen LogP contribution >= 0.6 is 0 Å². The number of ether oxygens (including phenoxy) is 1. The van der Waals surface area contributed by atoms with Gasteiger partial charge in [-0.3, -0.25) is 9.69 Å². The van der Waals surface area contributed by atoms with Crippen molar-refractivity contribution in [3.63, 3.8) is 0 Å². The van der Waals surface area contributed by atoms with E-state index in [1.54, 1.807) is 11.2 Å². The molecule has 0 spiro atoms. The molecule has 2 fully saturated rings. The third-order valence-electron chi connectivity index (χ3n) is 8.93. The lowest BCUT2D eigenvalue weighted by Gasteiger charge is -2.37. The second kappa shape index (κ2) is 13.4. The standard InChI is InChI=1S/C34H43N3O4S/c1-3-42(39,40)37-24-21-34(20-17-27(37)2,29-12-6-4-7-13-29)33(38)35-30-18-22-36(23-19-30)26-28-11-10-16-32(25-28)41-31-14-8-5-9-15-31/h4-16,25,27,30H,3,17-24,26H2,1-2H3,(H,35,38). The van der Waals surface area contributed by atoms with E-state index < -0.39 is 15.4 Å². The van der Waals surface area contributed by atoms with E-state index in [2.05, 4.69) is 22.3 Å². The third kappa shape index (κ3) is 7.05. The average Bonchev–Trinajstić information content (AvgIpc) is 3.19. The first-order chi connectivity index (χ1) is 20.3. The number of likely N-dealkylation sites (tertiary alicyclic amines) is 1. The van der Waals surface area contributed by atoms with Gasteiger partial charge in [-0.1, -0.05) is 60.7 Å². The van der Waals surface area contributed by atoms with Crippen LogP contribution in [-0.2, 0) is 26.8 Å². The Bertz CT molecular complexity index is 1430. The Balaban J connectivity index is 1.22. The minimum absolute atomic E-state index is 0.0286. The van der Waals surface area contributed by atoms with Crippen molar-refractivity contribution in [2.75, 3.05) is 25.4 Å². The summed E-state index contributed by atoms with van der Waals surface area (Å²) in [6.07, 6.45) is 3.51. The molecule has 0 saturated carbocycles. The maximum Gasteiger partial charge on any atom is 0.230 e. The number of amides is 1. The van der Waals surface area contributed by atoms with Crippen molar-refractivity contribution < 1.29 is 17.9 Å². The molecule has 3 aromatic carbocycles. The van der Waals surface area contributed by atoms with E-state index in [-0.39, 0.29) is 23.7 Å². The Morgan fingerprint density at radius 3 is 2.24 bits per heavy atom. The summed E-state index contributed by atoms with van der Waals surface area (Å²) in [6.45, 7) is 6.63. The minimum Gasteiger partial charge on any atom is -0.457 e. The number of nitrogens with one attached hydrogen (secondary N) is 1. The average molecular weight is 590 g/mol. The predicted octanol–water partition coefficient (Wildman–Crippen LogP) is 5.72. The van der Waals surface area contributed by atoms with E-state index in [1.807, 2.05) is 79.7 Å². The van der Waals surface area contributed by atoms with Crippen molar-refractivity contribution in [1.82, 2.24) is 14.5 Å². The lowest BCUT2D eigenvalue weighted by Crippen LogP contribution is -2.51. The molecule has 2 heterocycles. The molecule has 2 atom stereocenters. The quantitative estimate of drug-likeness (QED) is 0.345. The largest absolute Gasteiger partial charge is 0.457 e. The number of hydrogen-bond acceptors (Lipinski definition) is 5. The molecule has 2 aliphatic rings. The summed E-state index contributed by atoms with van der Waals surface area (Å²) in [6, 6.07) is 27.9. The van der Waals surface area contributed by atoms with Crippen LogP contribution in [0.25, 0.3) is 0 Å². The molecule has 1 amide bonds. The van der Waals surface area contributed by atoms with Gasteiger partial charge in [0.25, 0.3) is 0 Å². The topological polar surface area (TPSA) is 79.0 Å². The molecule has 0 radical (unpaired) electrons. The van der Waals surface area contributed by atoms with Crippen molar-refractivity contribution in [3.05, 3.63) is 96.1 Å². The SMILES string of the molecule is CCS(=O)(=O)N1CCC(C(=O)NC2CCN(Cc3cccc(Oc4ccccc4)c3)CC2)(c2ccccc2)CCC1C. The van der Waals surface area contributed by atoms with Gasteiger partial charge in [-0.05, 0) is 81.3 Å². The molecule has 0 bridgehead atoms. The lowest BCUT2D eigenvalue weighted by atomic mass is 9.73. The van der Waals surface area contributed by atoms with Crippen LogP contribution in [0.5, 0.6) is 11.5 Å². The Morgan fingerprint density at radius 1 is 0.881 bits per heavy atom. The Kier molecular flexibility index (Phi) is 9.66. The number of para-hydroxylation sites is 1. The molecule has 2 aliphatic heterocycles. The first kappa shape index (κ1) is 30.3. The molecule has 42 heavy (non-hydrogen) atoms. The zero-order valence-electron chi connectivity index (χ0n) is 24.7. The zero-order chi connectivity index (χ0) is 29.6. The minimum atomic E-state index is -3.34. The van der Waals surface area contributed by atoms with Gasteiger partial charge in [0.05, 0.1) is 11.2 Å². The van der Waals surface area contributed by atoms with Crippen molar-refractivity contribution in [2.45, 2.75) is 70.0 Å². The van der Waals surface area contributed by atoms with Gasteiger partial charge in [-0.15, -0.1) is 0 Å². The molecule has 3 aromatic rings. The molecule has 7 nitrogen and oxygen atoms in total.